The Morgan fingerprint density at radius 1 is 1.08 bits per heavy atom. The molecule has 0 saturated heterocycles. The predicted molar refractivity (Wildman–Crippen MR) is 38.3 cm³/mol. The molecule has 0 saturated carbocycles. The monoisotopic (exact) mass is 267 g/mol. The molecule has 0 amide bonds. The molecule has 0 spiro atoms. The van der Waals surface area contributed by atoms with Crippen molar-refractivity contribution < 1.29 is 42.2 Å². The van der Waals surface area contributed by atoms with Crippen molar-refractivity contribution in [2.45, 2.75) is 26.7 Å². The number of carboxylic acid groups (broad SMARTS) is 2. The average Bonchev–Trinajstić information content (AvgIpc) is 1.53. The third-order valence-corrected chi connectivity index (χ3v) is 1.26. The van der Waals surface area contributed by atoms with E-state index >= 15 is 0 Å². The van der Waals surface area contributed by atoms with Crippen molar-refractivity contribution in [1.82, 2.24) is 0 Å². The van der Waals surface area contributed by atoms with Crippen LogP contribution in [0.5, 0.6) is 0 Å². The van der Waals surface area contributed by atoms with Crippen molar-refractivity contribution in [3.8, 4) is 0 Å². The summed E-state index contributed by atoms with van der Waals surface area (Å²) in [5.41, 5.74) is -0.655. The fourth-order valence-corrected chi connectivity index (χ4v) is 0.881. The van der Waals surface area contributed by atoms with Gasteiger partial charge in [0, 0.05) is 22.4 Å². The summed E-state index contributed by atoms with van der Waals surface area (Å²) in [6.07, 6.45) is -0.224. The van der Waals surface area contributed by atoms with Crippen LogP contribution in [-0.4, -0.2) is 22.2 Å². The van der Waals surface area contributed by atoms with Crippen LogP contribution in [0.15, 0.2) is 0 Å². The van der Waals surface area contributed by atoms with Gasteiger partial charge in [0.2, 0.25) is 0 Å². The number of hydrogen-bond donors (Lipinski definition) is 2. The average molecular weight is 268 g/mol. The summed E-state index contributed by atoms with van der Waals surface area (Å²) >= 11 is 0. The molecule has 0 atom stereocenters. The summed E-state index contributed by atoms with van der Waals surface area (Å²) in [6, 6.07) is 0. The van der Waals surface area contributed by atoms with Gasteiger partial charge >= 0.3 is 11.9 Å². The third kappa shape index (κ3) is 7.78. The smallest absolute Gasteiger partial charge is 0.303 e. The molecule has 0 unspecified atom stereocenters. The molecule has 0 aliphatic carbocycles. The first-order valence-electron chi connectivity index (χ1n) is 3.27. The van der Waals surface area contributed by atoms with E-state index in [1.807, 2.05) is 0 Å². The normalized spacial score (nSPS) is 10.2. The maximum atomic E-state index is 10.2. The van der Waals surface area contributed by atoms with Gasteiger partial charge in [-0.2, -0.15) is 0 Å². The molecule has 0 rings (SSSR count). The van der Waals surface area contributed by atoms with Gasteiger partial charge in [-0.3, -0.25) is 9.59 Å². The molecule has 0 bridgehead atoms. The summed E-state index contributed by atoms with van der Waals surface area (Å²) in [7, 11) is 0. The molecule has 0 aromatic rings. The Labute approximate surface area is 86.5 Å². The van der Waals surface area contributed by atoms with E-state index in [-0.39, 0.29) is 35.2 Å². The maximum Gasteiger partial charge on any atom is 0.303 e. The Hall–Kier alpha value is -0.320. The molecule has 0 aliphatic rings. The standard InChI is InChI=1S/C7H12O4.Ag/c1-7(2,3-5(8)9)4-6(10)11;/h3-4H2,1-2H3,(H,8,9)(H,10,11);. The van der Waals surface area contributed by atoms with E-state index in [1.54, 1.807) is 13.8 Å². The Morgan fingerprint density at radius 3 is 1.50 bits per heavy atom. The van der Waals surface area contributed by atoms with Gasteiger partial charge in [0.1, 0.15) is 0 Å². The predicted octanol–water partition coefficient (Wildman–Crippen LogP) is 0.960. The summed E-state index contributed by atoms with van der Waals surface area (Å²) in [6.45, 7) is 3.24. The van der Waals surface area contributed by atoms with Gasteiger partial charge in [-0.1, -0.05) is 13.8 Å². The summed E-state index contributed by atoms with van der Waals surface area (Å²) < 4.78 is 0. The van der Waals surface area contributed by atoms with Crippen molar-refractivity contribution in [3.05, 3.63) is 0 Å². The number of aliphatic carboxylic acids is 2. The zero-order valence-corrected chi connectivity index (χ0v) is 8.41. The summed E-state index contributed by atoms with van der Waals surface area (Å²) in [4.78, 5) is 20.4. The van der Waals surface area contributed by atoms with Crippen LogP contribution in [0, 0.1) is 5.41 Å². The van der Waals surface area contributed by atoms with E-state index in [0.717, 1.165) is 0 Å². The van der Waals surface area contributed by atoms with Crippen molar-refractivity contribution >= 4 is 11.9 Å². The molecule has 0 aliphatic heterocycles. The van der Waals surface area contributed by atoms with Gasteiger partial charge < -0.3 is 10.2 Å². The van der Waals surface area contributed by atoms with Crippen molar-refractivity contribution in [2.24, 2.45) is 5.41 Å². The van der Waals surface area contributed by atoms with E-state index in [4.69, 9.17) is 10.2 Å². The van der Waals surface area contributed by atoms with Crippen molar-refractivity contribution in [3.63, 3.8) is 0 Å². The quantitative estimate of drug-likeness (QED) is 0.745. The van der Waals surface area contributed by atoms with Crippen LogP contribution in [0.1, 0.15) is 26.7 Å². The minimum absolute atomic E-state index is 0. The van der Waals surface area contributed by atoms with Crippen LogP contribution < -0.4 is 0 Å². The topological polar surface area (TPSA) is 74.6 Å². The fraction of sp³-hybridized carbons (Fsp3) is 0.714. The van der Waals surface area contributed by atoms with Gasteiger partial charge in [-0.05, 0) is 5.41 Å². The number of rotatable bonds is 4. The molecule has 2 N–H and O–H groups in total. The van der Waals surface area contributed by atoms with Crippen LogP contribution >= 0.6 is 0 Å². The molecular formula is C7H12AgO4. The molecule has 0 aromatic heterocycles. The van der Waals surface area contributed by atoms with Crippen molar-refractivity contribution in [1.29, 1.82) is 0 Å². The van der Waals surface area contributed by atoms with Crippen LogP contribution in [0.2, 0.25) is 0 Å². The van der Waals surface area contributed by atoms with Crippen LogP contribution in [0.4, 0.5) is 0 Å². The Balaban J connectivity index is 0. The minimum atomic E-state index is -0.962. The summed E-state index contributed by atoms with van der Waals surface area (Å²) in [5, 5.41) is 16.7. The van der Waals surface area contributed by atoms with Crippen LogP contribution in [0.25, 0.3) is 0 Å². The number of carboxylic acids is 2. The molecular weight excluding hydrogens is 256 g/mol. The third-order valence-electron chi connectivity index (χ3n) is 1.26. The first-order chi connectivity index (χ1) is 4.83. The number of hydrogen-bond acceptors (Lipinski definition) is 2. The summed E-state index contributed by atoms with van der Waals surface area (Å²) in [5.74, 6) is -1.92. The first kappa shape index (κ1) is 14.2. The molecule has 75 valence electrons. The van der Waals surface area contributed by atoms with Gasteiger partial charge in [0.25, 0.3) is 0 Å². The number of carbonyl (C=O) groups is 2. The molecule has 0 aromatic carbocycles. The zero-order valence-electron chi connectivity index (χ0n) is 6.93. The van der Waals surface area contributed by atoms with Gasteiger partial charge in [0.15, 0.2) is 0 Å². The van der Waals surface area contributed by atoms with Crippen molar-refractivity contribution in [2.75, 3.05) is 0 Å². The molecule has 4 nitrogen and oxygen atoms in total. The second-order valence-corrected chi connectivity index (χ2v) is 3.31. The molecule has 0 heterocycles. The molecule has 12 heavy (non-hydrogen) atoms. The van der Waals surface area contributed by atoms with E-state index in [0.29, 0.717) is 0 Å². The fourth-order valence-electron chi connectivity index (χ4n) is 0.881. The van der Waals surface area contributed by atoms with Gasteiger partial charge in [-0.25, -0.2) is 0 Å². The van der Waals surface area contributed by atoms with Gasteiger partial charge in [-0.15, -0.1) is 0 Å². The Kier molecular flexibility index (Phi) is 6.34. The van der Waals surface area contributed by atoms with E-state index < -0.39 is 17.4 Å². The minimum Gasteiger partial charge on any atom is -0.481 e. The second kappa shape index (κ2) is 5.35. The maximum absolute atomic E-state index is 10.2. The molecule has 5 heteroatoms. The SMILES string of the molecule is CC(C)(CC(=O)O)CC(=O)O.[Ag]. The second-order valence-electron chi connectivity index (χ2n) is 3.31. The molecule has 0 fully saturated rings. The van der Waals surface area contributed by atoms with E-state index in [1.165, 1.54) is 0 Å². The Bertz CT molecular complexity index is 158. The Morgan fingerprint density at radius 2 is 1.33 bits per heavy atom. The first-order valence-corrected chi connectivity index (χ1v) is 3.27. The zero-order chi connectivity index (χ0) is 9.07. The van der Waals surface area contributed by atoms with Crippen LogP contribution in [-0.2, 0) is 32.0 Å². The van der Waals surface area contributed by atoms with E-state index in [9.17, 15) is 9.59 Å². The van der Waals surface area contributed by atoms with E-state index in [2.05, 4.69) is 0 Å². The largest absolute Gasteiger partial charge is 0.481 e. The molecule has 1 radical (unpaired) electrons. The van der Waals surface area contributed by atoms with Gasteiger partial charge in [0.05, 0.1) is 12.8 Å². The van der Waals surface area contributed by atoms with Crippen LogP contribution in [0.3, 0.4) is 0 Å².